The first kappa shape index (κ1) is 25.1. The first-order valence-corrected chi connectivity index (χ1v) is 13.9. The smallest absolute Gasteiger partial charge is 0.247 e. The molecule has 8 heteroatoms. The van der Waals surface area contributed by atoms with E-state index >= 15 is 0 Å². The quantitative estimate of drug-likeness (QED) is 0.452. The van der Waals surface area contributed by atoms with Crippen LogP contribution in [0.15, 0.2) is 54.6 Å². The first-order valence-electron chi connectivity index (χ1n) is 13.0. The van der Waals surface area contributed by atoms with Crippen molar-refractivity contribution < 1.29 is 19.5 Å². The zero-order valence-electron chi connectivity index (χ0n) is 21.0. The van der Waals surface area contributed by atoms with E-state index in [1.807, 2.05) is 61.2 Å². The molecule has 0 saturated carbocycles. The van der Waals surface area contributed by atoms with Gasteiger partial charge in [0.25, 0.3) is 0 Å². The molecule has 7 nitrogen and oxygen atoms in total. The van der Waals surface area contributed by atoms with E-state index in [0.29, 0.717) is 32.5 Å². The number of aliphatic hydroxyl groups excluding tert-OH is 1. The summed E-state index contributed by atoms with van der Waals surface area (Å²) in [5.74, 6) is -1.30. The van der Waals surface area contributed by atoms with Gasteiger partial charge in [0, 0.05) is 43.2 Å². The molecule has 4 heterocycles. The number of fused-ring (bicyclic) bond motifs is 2. The number of thioether (sulfide) groups is 1. The molecule has 5 rings (SSSR count). The monoisotopic (exact) mass is 509 g/mol. The maximum Gasteiger partial charge on any atom is 0.247 e. The number of para-hydroxylation sites is 1. The number of nitrogens with zero attached hydrogens (tertiary/aromatic N) is 3. The van der Waals surface area contributed by atoms with Gasteiger partial charge in [-0.2, -0.15) is 0 Å². The van der Waals surface area contributed by atoms with Gasteiger partial charge in [0.1, 0.15) is 6.04 Å². The Hall–Kier alpha value is -2.58. The van der Waals surface area contributed by atoms with Crippen molar-refractivity contribution in [3.05, 3.63) is 54.6 Å². The molecule has 36 heavy (non-hydrogen) atoms. The van der Waals surface area contributed by atoms with Crippen molar-refractivity contribution in [1.82, 2.24) is 9.80 Å². The Bertz CT molecular complexity index is 1070. The second-order valence-corrected chi connectivity index (χ2v) is 11.8. The van der Waals surface area contributed by atoms with Gasteiger partial charge in [-0.15, -0.1) is 11.8 Å². The topological polar surface area (TPSA) is 81.2 Å². The van der Waals surface area contributed by atoms with Crippen LogP contribution in [0.4, 0.5) is 5.69 Å². The summed E-state index contributed by atoms with van der Waals surface area (Å²) in [6.45, 7) is 5.54. The molecule has 0 aliphatic carbocycles. The standard InChI is InChI=1S/C28H35N3O4S/c1-19(2)29-17-10-14-28-23(26(34)31(24(28)27(29)35)15-7-4-8-18-32)22-21(36-28)13-9-16-30(25(22)33)20-11-5-3-6-12-20/h3,5-6,9-14,19,21-24,32H,4,7-8,15-18H2,1-2H3/t21-,22+,23-,24?,28-/m0/s1. The number of rotatable bonds is 7. The number of carbonyl (C=O) groups is 3. The van der Waals surface area contributed by atoms with E-state index in [2.05, 4.69) is 12.2 Å². The van der Waals surface area contributed by atoms with E-state index in [1.165, 1.54) is 0 Å². The summed E-state index contributed by atoms with van der Waals surface area (Å²) in [7, 11) is 0. The van der Waals surface area contributed by atoms with E-state index in [1.54, 1.807) is 21.6 Å². The molecule has 0 aromatic heterocycles. The lowest BCUT2D eigenvalue weighted by atomic mass is 9.78. The zero-order valence-corrected chi connectivity index (χ0v) is 21.8. The Kier molecular flexibility index (Phi) is 7.01. The zero-order chi connectivity index (χ0) is 25.4. The van der Waals surface area contributed by atoms with Crippen LogP contribution in [-0.2, 0) is 14.4 Å². The van der Waals surface area contributed by atoms with Crippen molar-refractivity contribution in [2.45, 2.75) is 55.2 Å². The molecule has 0 radical (unpaired) electrons. The molecule has 4 aliphatic rings. The van der Waals surface area contributed by atoms with Crippen LogP contribution in [0.1, 0.15) is 33.1 Å². The molecule has 1 unspecified atom stereocenters. The Labute approximate surface area is 217 Å². The average molecular weight is 510 g/mol. The molecule has 1 aromatic rings. The third-order valence-electron chi connectivity index (χ3n) is 7.94. The molecule has 2 saturated heterocycles. The van der Waals surface area contributed by atoms with Crippen LogP contribution >= 0.6 is 11.8 Å². The van der Waals surface area contributed by atoms with Crippen LogP contribution in [-0.4, -0.2) is 80.9 Å². The van der Waals surface area contributed by atoms with E-state index in [0.717, 1.165) is 12.1 Å². The maximum atomic E-state index is 14.2. The molecule has 192 valence electrons. The van der Waals surface area contributed by atoms with Gasteiger partial charge >= 0.3 is 0 Å². The Morgan fingerprint density at radius 3 is 2.50 bits per heavy atom. The maximum absolute atomic E-state index is 14.2. The minimum absolute atomic E-state index is 0.00896. The Morgan fingerprint density at radius 1 is 1.00 bits per heavy atom. The van der Waals surface area contributed by atoms with Gasteiger partial charge in [-0.3, -0.25) is 14.4 Å². The predicted octanol–water partition coefficient (Wildman–Crippen LogP) is 2.86. The molecule has 1 spiro atoms. The predicted molar refractivity (Wildman–Crippen MR) is 141 cm³/mol. The number of likely N-dealkylation sites (tertiary alicyclic amines) is 1. The van der Waals surface area contributed by atoms with Gasteiger partial charge in [-0.1, -0.05) is 42.5 Å². The largest absolute Gasteiger partial charge is 0.396 e. The summed E-state index contributed by atoms with van der Waals surface area (Å²) in [6.07, 6.45) is 10.4. The molecule has 0 bridgehead atoms. The second-order valence-electron chi connectivity index (χ2n) is 10.4. The van der Waals surface area contributed by atoms with E-state index in [-0.39, 0.29) is 35.6 Å². The fourth-order valence-corrected chi connectivity index (χ4v) is 8.28. The second kappa shape index (κ2) is 10.1. The van der Waals surface area contributed by atoms with Gasteiger partial charge in [0.2, 0.25) is 17.7 Å². The van der Waals surface area contributed by atoms with Crippen LogP contribution in [0.5, 0.6) is 0 Å². The highest BCUT2D eigenvalue weighted by Crippen LogP contribution is 2.61. The fraction of sp³-hybridized carbons (Fsp3) is 0.536. The fourth-order valence-electron chi connectivity index (χ4n) is 6.27. The van der Waals surface area contributed by atoms with Gasteiger partial charge in [-0.25, -0.2) is 0 Å². The SMILES string of the molecule is CC(C)N1CC=C[C@]23S[C@H]4C=CCN(c5ccccc5)C(=O)[C@H]4[C@H]2C(=O)N(CCCCCO)C3C1=O. The molecular weight excluding hydrogens is 474 g/mol. The molecule has 5 atom stereocenters. The van der Waals surface area contributed by atoms with Crippen LogP contribution in [0.3, 0.4) is 0 Å². The van der Waals surface area contributed by atoms with Gasteiger partial charge in [-0.05, 0) is 45.2 Å². The number of aliphatic hydroxyl groups is 1. The number of hydrogen-bond donors (Lipinski definition) is 1. The van der Waals surface area contributed by atoms with E-state index in [9.17, 15) is 19.5 Å². The Balaban J connectivity index is 1.55. The number of carbonyl (C=O) groups excluding carboxylic acids is 3. The third-order valence-corrected chi connectivity index (χ3v) is 9.68. The van der Waals surface area contributed by atoms with Crippen molar-refractivity contribution >= 4 is 35.2 Å². The summed E-state index contributed by atoms with van der Waals surface area (Å²) < 4.78 is -0.774. The number of unbranched alkanes of at least 4 members (excludes halogenated alkanes) is 2. The molecule has 2 fully saturated rings. The lowest BCUT2D eigenvalue weighted by Crippen LogP contribution is -2.54. The average Bonchev–Trinajstić information content (AvgIpc) is 3.17. The number of hydrogen-bond acceptors (Lipinski definition) is 5. The number of anilines is 1. The molecule has 3 amide bonds. The highest BCUT2D eigenvalue weighted by molar-refractivity contribution is 8.02. The highest BCUT2D eigenvalue weighted by atomic mass is 32.2. The van der Waals surface area contributed by atoms with Crippen LogP contribution in [0, 0.1) is 11.8 Å². The van der Waals surface area contributed by atoms with Gasteiger partial charge in [0.15, 0.2) is 0 Å². The summed E-state index contributed by atoms with van der Waals surface area (Å²) in [4.78, 5) is 47.6. The normalized spacial score (nSPS) is 31.6. The van der Waals surface area contributed by atoms with Crippen LogP contribution < -0.4 is 4.90 Å². The van der Waals surface area contributed by atoms with E-state index in [4.69, 9.17) is 0 Å². The van der Waals surface area contributed by atoms with Crippen LogP contribution in [0.2, 0.25) is 0 Å². The molecule has 1 N–H and O–H groups in total. The first-order chi connectivity index (χ1) is 17.4. The molecule has 1 aromatic carbocycles. The molecule has 4 aliphatic heterocycles. The summed E-state index contributed by atoms with van der Waals surface area (Å²) >= 11 is 1.62. The third kappa shape index (κ3) is 3.98. The van der Waals surface area contributed by atoms with Crippen molar-refractivity contribution in [3.63, 3.8) is 0 Å². The highest BCUT2D eigenvalue weighted by Gasteiger charge is 2.71. The molecular formula is C28H35N3O4S. The summed E-state index contributed by atoms with van der Waals surface area (Å²) in [5, 5.41) is 9.04. The lowest BCUT2D eigenvalue weighted by Gasteiger charge is -2.36. The number of amides is 3. The summed E-state index contributed by atoms with van der Waals surface area (Å²) in [6, 6.07) is 8.98. The van der Waals surface area contributed by atoms with Crippen molar-refractivity contribution in [2.24, 2.45) is 11.8 Å². The Morgan fingerprint density at radius 2 is 1.78 bits per heavy atom. The van der Waals surface area contributed by atoms with E-state index < -0.39 is 22.6 Å². The lowest BCUT2D eigenvalue weighted by molar-refractivity contribution is -0.143. The van der Waals surface area contributed by atoms with Crippen molar-refractivity contribution in [1.29, 1.82) is 0 Å². The van der Waals surface area contributed by atoms with Gasteiger partial charge in [0.05, 0.1) is 16.6 Å². The van der Waals surface area contributed by atoms with Gasteiger partial charge < -0.3 is 19.8 Å². The minimum Gasteiger partial charge on any atom is -0.396 e. The van der Waals surface area contributed by atoms with Crippen LogP contribution in [0.25, 0.3) is 0 Å². The van der Waals surface area contributed by atoms with Crippen molar-refractivity contribution in [2.75, 3.05) is 31.1 Å². The summed E-state index contributed by atoms with van der Waals surface area (Å²) in [5.41, 5.74) is 0.820. The van der Waals surface area contributed by atoms with Crippen molar-refractivity contribution in [3.8, 4) is 0 Å². The minimum atomic E-state index is -0.774. The number of benzene rings is 1.